The van der Waals surface area contributed by atoms with Gasteiger partial charge in [0.25, 0.3) is 0 Å². The third kappa shape index (κ3) is 3.35. The first-order valence-electron chi connectivity index (χ1n) is 8.24. The second-order valence-electron chi connectivity index (χ2n) is 7.47. The van der Waals surface area contributed by atoms with Gasteiger partial charge in [-0.15, -0.1) is 0 Å². The Kier molecular flexibility index (Phi) is 5.11. The molecule has 0 aromatic rings. The van der Waals surface area contributed by atoms with Crippen molar-refractivity contribution in [1.82, 2.24) is 15.1 Å². The van der Waals surface area contributed by atoms with Crippen LogP contribution in [0.2, 0.25) is 0 Å². The van der Waals surface area contributed by atoms with Crippen molar-refractivity contribution in [3.05, 3.63) is 0 Å². The van der Waals surface area contributed by atoms with Crippen LogP contribution in [-0.2, 0) is 0 Å². The number of piperazine rings is 1. The second kappa shape index (κ2) is 6.30. The highest BCUT2D eigenvalue weighted by Crippen LogP contribution is 2.35. The molecule has 4 heteroatoms. The van der Waals surface area contributed by atoms with Crippen LogP contribution >= 0.6 is 0 Å². The molecule has 1 aliphatic heterocycles. The highest BCUT2D eigenvalue weighted by atomic mass is 16.3. The number of nitrogens with one attached hydrogen (secondary N) is 1. The molecule has 2 aliphatic rings. The summed E-state index contributed by atoms with van der Waals surface area (Å²) >= 11 is 0. The molecule has 4 nitrogen and oxygen atoms in total. The van der Waals surface area contributed by atoms with Crippen molar-refractivity contribution < 1.29 is 5.11 Å². The van der Waals surface area contributed by atoms with E-state index in [1.165, 1.54) is 13.0 Å². The molecule has 20 heavy (non-hydrogen) atoms. The Morgan fingerprint density at radius 2 is 2.05 bits per heavy atom. The summed E-state index contributed by atoms with van der Waals surface area (Å²) in [6.07, 6.45) is 4.56. The third-order valence-corrected chi connectivity index (χ3v) is 5.50. The van der Waals surface area contributed by atoms with Gasteiger partial charge in [0.2, 0.25) is 0 Å². The first-order valence-corrected chi connectivity index (χ1v) is 8.24. The van der Waals surface area contributed by atoms with E-state index in [1.807, 2.05) is 0 Å². The van der Waals surface area contributed by atoms with Crippen molar-refractivity contribution >= 4 is 0 Å². The van der Waals surface area contributed by atoms with Crippen LogP contribution in [0.5, 0.6) is 0 Å². The van der Waals surface area contributed by atoms with Crippen molar-refractivity contribution in [3.63, 3.8) is 0 Å². The fourth-order valence-corrected chi connectivity index (χ4v) is 3.75. The molecule has 0 radical (unpaired) electrons. The standard InChI is InChI=1S/C16H33N3O/c1-5-8-17-16(13-20)7-6-14(11-16)19-10-9-18(4)15(2,3)12-19/h14,17,20H,5-13H2,1-4H3. The molecule has 1 heterocycles. The van der Waals surface area contributed by atoms with Gasteiger partial charge in [0.05, 0.1) is 6.61 Å². The zero-order valence-electron chi connectivity index (χ0n) is 13.8. The SMILES string of the molecule is CCCNC1(CO)CCC(N2CCN(C)C(C)(C)C2)C1. The van der Waals surface area contributed by atoms with Crippen molar-refractivity contribution in [2.24, 2.45) is 0 Å². The zero-order chi connectivity index (χ0) is 14.8. The maximum atomic E-state index is 9.81. The molecule has 118 valence electrons. The first-order chi connectivity index (χ1) is 9.42. The Balaban J connectivity index is 1.95. The van der Waals surface area contributed by atoms with Crippen LogP contribution in [0.25, 0.3) is 0 Å². The summed E-state index contributed by atoms with van der Waals surface area (Å²) in [5.41, 5.74) is 0.244. The molecule has 2 fully saturated rings. The van der Waals surface area contributed by atoms with Gasteiger partial charge in [0.15, 0.2) is 0 Å². The fourth-order valence-electron chi connectivity index (χ4n) is 3.75. The Morgan fingerprint density at radius 1 is 1.30 bits per heavy atom. The average molecular weight is 283 g/mol. The normalized spacial score (nSPS) is 35.5. The van der Waals surface area contributed by atoms with Crippen LogP contribution in [-0.4, -0.2) is 71.9 Å². The van der Waals surface area contributed by atoms with E-state index in [4.69, 9.17) is 0 Å². The molecule has 1 aliphatic carbocycles. The Bertz CT molecular complexity index is 321. The van der Waals surface area contributed by atoms with Gasteiger partial charge in [-0.25, -0.2) is 0 Å². The van der Waals surface area contributed by atoms with Gasteiger partial charge in [0, 0.05) is 36.8 Å². The molecular formula is C16H33N3O. The lowest BCUT2D eigenvalue weighted by atomic mass is 9.95. The summed E-state index contributed by atoms with van der Waals surface area (Å²) in [7, 11) is 2.23. The summed E-state index contributed by atoms with van der Waals surface area (Å²) in [4.78, 5) is 5.12. The molecule has 0 aromatic carbocycles. The van der Waals surface area contributed by atoms with E-state index in [1.54, 1.807) is 0 Å². The zero-order valence-corrected chi connectivity index (χ0v) is 13.8. The van der Waals surface area contributed by atoms with Crippen LogP contribution in [0.3, 0.4) is 0 Å². The van der Waals surface area contributed by atoms with Crippen LogP contribution < -0.4 is 5.32 Å². The summed E-state index contributed by atoms with van der Waals surface area (Å²) < 4.78 is 0. The number of likely N-dealkylation sites (N-methyl/N-ethyl adjacent to an activating group) is 1. The average Bonchev–Trinajstić information content (AvgIpc) is 2.85. The van der Waals surface area contributed by atoms with Gasteiger partial charge in [-0.05, 0) is 53.1 Å². The lowest BCUT2D eigenvalue weighted by Gasteiger charge is -2.47. The van der Waals surface area contributed by atoms with Crippen molar-refractivity contribution in [3.8, 4) is 0 Å². The van der Waals surface area contributed by atoms with E-state index in [0.717, 1.165) is 38.9 Å². The molecule has 0 spiro atoms. The number of hydrogen-bond acceptors (Lipinski definition) is 4. The maximum absolute atomic E-state index is 9.81. The lowest BCUT2D eigenvalue weighted by Crippen LogP contribution is -2.60. The Hall–Kier alpha value is -0.160. The van der Waals surface area contributed by atoms with E-state index in [2.05, 4.69) is 42.9 Å². The summed E-state index contributed by atoms with van der Waals surface area (Å²) in [6.45, 7) is 11.6. The monoisotopic (exact) mass is 283 g/mol. The molecule has 2 rings (SSSR count). The third-order valence-electron chi connectivity index (χ3n) is 5.50. The topological polar surface area (TPSA) is 38.7 Å². The van der Waals surface area contributed by atoms with Crippen LogP contribution in [0.4, 0.5) is 0 Å². The number of aliphatic hydroxyl groups excluding tert-OH is 1. The number of aliphatic hydroxyl groups is 1. The molecule has 2 unspecified atom stereocenters. The van der Waals surface area contributed by atoms with Crippen molar-refractivity contribution in [1.29, 1.82) is 0 Å². The highest BCUT2D eigenvalue weighted by molar-refractivity contribution is 5.01. The van der Waals surface area contributed by atoms with Crippen LogP contribution in [0.1, 0.15) is 46.5 Å². The van der Waals surface area contributed by atoms with Crippen molar-refractivity contribution in [2.45, 2.75) is 63.6 Å². The largest absolute Gasteiger partial charge is 0.394 e. The van der Waals surface area contributed by atoms with E-state index in [9.17, 15) is 5.11 Å². The number of nitrogens with zero attached hydrogens (tertiary/aromatic N) is 2. The molecule has 2 N–H and O–H groups in total. The van der Waals surface area contributed by atoms with E-state index in [-0.39, 0.29) is 17.7 Å². The summed E-state index contributed by atoms with van der Waals surface area (Å²) in [6, 6.07) is 0.638. The molecule has 0 aromatic heterocycles. The smallest absolute Gasteiger partial charge is 0.0613 e. The summed E-state index contributed by atoms with van der Waals surface area (Å²) in [5, 5.41) is 13.4. The molecule has 1 saturated carbocycles. The molecule has 0 bridgehead atoms. The molecule has 0 amide bonds. The van der Waals surface area contributed by atoms with Gasteiger partial charge < -0.3 is 10.4 Å². The minimum atomic E-state index is -0.0197. The fraction of sp³-hybridized carbons (Fsp3) is 1.00. The maximum Gasteiger partial charge on any atom is 0.0613 e. The lowest BCUT2D eigenvalue weighted by molar-refractivity contribution is 0.0150. The molecular weight excluding hydrogens is 250 g/mol. The molecule has 2 atom stereocenters. The van der Waals surface area contributed by atoms with Gasteiger partial charge in [-0.3, -0.25) is 9.80 Å². The Labute approximate surface area is 124 Å². The highest BCUT2D eigenvalue weighted by Gasteiger charge is 2.43. The van der Waals surface area contributed by atoms with Gasteiger partial charge >= 0.3 is 0 Å². The van der Waals surface area contributed by atoms with E-state index in [0.29, 0.717) is 6.04 Å². The second-order valence-corrected chi connectivity index (χ2v) is 7.47. The van der Waals surface area contributed by atoms with Gasteiger partial charge in [-0.1, -0.05) is 6.92 Å². The first kappa shape index (κ1) is 16.2. The Morgan fingerprint density at radius 3 is 2.65 bits per heavy atom. The number of hydrogen-bond donors (Lipinski definition) is 2. The minimum absolute atomic E-state index is 0.0197. The van der Waals surface area contributed by atoms with Gasteiger partial charge in [0.1, 0.15) is 0 Å². The quantitative estimate of drug-likeness (QED) is 0.798. The predicted molar refractivity (Wildman–Crippen MR) is 84.0 cm³/mol. The predicted octanol–water partition coefficient (Wildman–Crippen LogP) is 1.30. The van der Waals surface area contributed by atoms with Crippen LogP contribution in [0.15, 0.2) is 0 Å². The number of rotatable bonds is 5. The minimum Gasteiger partial charge on any atom is -0.394 e. The molecule has 1 saturated heterocycles. The summed E-state index contributed by atoms with van der Waals surface area (Å²) in [5.74, 6) is 0. The van der Waals surface area contributed by atoms with Gasteiger partial charge in [-0.2, -0.15) is 0 Å². The van der Waals surface area contributed by atoms with Crippen LogP contribution in [0, 0.1) is 0 Å². The van der Waals surface area contributed by atoms with E-state index < -0.39 is 0 Å². The van der Waals surface area contributed by atoms with Crippen molar-refractivity contribution in [2.75, 3.05) is 39.8 Å². The van der Waals surface area contributed by atoms with E-state index >= 15 is 0 Å².